The fraction of sp³-hybridized carbons (Fsp3) is 0.192. The number of aryl methyl sites for hydroxylation is 1. The van der Waals surface area contributed by atoms with Crippen LogP contribution < -0.4 is 19.5 Å². The van der Waals surface area contributed by atoms with Gasteiger partial charge in [0.15, 0.2) is 0 Å². The number of ether oxygens (including phenoxy) is 2. The van der Waals surface area contributed by atoms with Crippen LogP contribution in [0.4, 0.5) is 11.4 Å². The first-order valence-electron chi connectivity index (χ1n) is 11.1. The highest BCUT2D eigenvalue weighted by molar-refractivity contribution is 7.92. The molecule has 8 nitrogen and oxygen atoms in total. The summed E-state index contributed by atoms with van der Waals surface area (Å²) in [4.78, 5) is 15.7. The molecule has 0 aliphatic rings. The Kier molecular flexibility index (Phi) is 7.26. The number of sulfonamides is 1. The first-order valence-corrected chi connectivity index (χ1v) is 12.6. The second-order valence-corrected chi connectivity index (χ2v) is 9.61. The molecule has 3 N–H and O–H groups in total. The summed E-state index contributed by atoms with van der Waals surface area (Å²) in [6.45, 7) is 0. The van der Waals surface area contributed by atoms with Crippen LogP contribution >= 0.6 is 0 Å². The molecule has 4 aromatic rings. The quantitative estimate of drug-likeness (QED) is 0.290. The van der Waals surface area contributed by atoms with E-state index in [1.165, 1.54) is 26.4 Å². The van der Waals surface area contributed by atoms with Gasteiger partial charge in [0, 0.05) is 34.9 Å². The Morgan fingerprint density at radius 2 is 1.69 bits per heavy atom. The highest BCUT2D eigenvalue weighted by Crippen LogP contribution is 2.29. The Labute approximate surface area is 204 Å². The van der Waals surface area contributed by atoms with Gasteiger partial charge < -0.3 is 19.8 Å². The molecule has 0 saturated carbocycles. The van der Waals surface area contributed by atoms with Crippen molar-refractivity contribution in [3.8, 4) is 11.5 Å². The van der Waals surface area contributed by atoms with E-state index in [0.29, 0.717) is 30.0 Å². The number of carbonyl (C=O) groups is 1. The van der Waals surface area contributed by atoms with Crippen LogP contribution in [0.1, 0.15) is 18.4 Å². The zero-order chi connectivity index (χ0) is 24.8. The van der Waals surface area contributed by atoms with Gasteiger partial charge in [-0.2, -0.15) is 0 Å². The molecule has 0 unspecified atom stereocenters. The van der Waals surface area contributed by atoms with Gasteiger partial charge in [0.1, 0.15) is 16.4 Å². The van der Waals surface area contributed by atoms with Crippen molar-refractivity contribution >= 4 is 38.2 Å². The number of aromatic amines is 1. The minimum absolute atomic E-state index is 0.0765. The predicted octanol–water partition coefficient (Wildman–Crippen LogP) is 4.95. The van der Waals surface area contributed by atoms with Crippen LogP contribution in [0, 0.1) is 0 Å². The van der Waals surface area contributed by atoms with Crippen LogP contribution in [-0.2, 0) is 21.2 Å². The normalized spacial score (nSPS) is 11.3. The van der Waals surface area contributed by atoms with E-state index in [1.807, 2.05) is 24.4 Å². The summed E-state index contributed by atoms with van der Waals surface area (Å²) in [6, 6.07) is 19.1. The lowest BCUT2D eigenvalue weighted by Crippen LogP contribution is -2.16. The number of amides is 1. The van der Waals surface area contributed by atoms with Gasteiger partial charge in [-0.05, 0) is 66.9 Å². The molecule has 4 rings (SSSR count). The molecule has 35 heavy (non-hydrogen) atoms. The minimum Gasteiger partial charge on any atom is -0.497 e. The minimum atomic E-state index is -3.97. The molecule has 0 atom stereocenters. The van der Waals surface area contributed by atoms with Crippen LogP contribution in [-0.4, -0.2) is 33.5 Å². The van der Waals surface area contributed by atoms with E-state index >= 15 is 0 Å². The number of aromatic nitrogens is 1. The van der Waals surface area contributed by atoms with E-state index in [9.17, 15) is 13.2 Å². The van der Waals surface area contributed by atoms with Gasteiger partial charge in [0.2, 0.25) is 5.91 Å². The van der Waals surface area contributed by atoms with E-state index in [2.05, 4.69) is 21.1 Å². The molecular formula is C26H27N3O5S. The fourth-order valence-corrected chi connectivity index (χ4v) is 5.09. The second-order valence-electron chi connectivity index (χ2n) is 7.96. The molecule has 3 aromatic carbocycles. The first-order chi connectivity index (χ1) is 16.9. The lowest BCUT2D eigenvalue weighted by atomic mass is 10.1. The Bertz CT molecular complexity index is 1430. The third kappa shape index (κ3) is 5.75. The van der Waals surface area contributed by atoms with Crippen molar-refractivity contribution in [2.75, 3.05) is 24.3 Å². The summed E-state index contributed by atoms with van der Waals surface area (Å²) in [5.74, 6) is 0.588. The van der Waals surface area contributed by atoms with E-state index in [-0.39, 0.29) is 16.6 Å². The number of fused-ring (bicyclic) bond motifs is 1. The third-order valence-corrected chi connectivity index (χ3v) is 7.01. The standard InChI is InChI=1S/C26H27N3O5S/c1-33-21-13-10-19(11-14-21)29-35(31,32)25-16-20(12-15-24(25)34-2)28-26(30)9-5-6-18-17-27-23-8-4-3-7-22(18)23/h3-4,7-8,10-17,27,29H,5-6,9H2,1-2H3,(H,28,30). The van der Waals surface area contributed by atoms with Gasteiger partial charge in [-0.15, -0.1) is 0 Å². The van der Waals surface area contributed by atoms with Crippen molar-refractivity contribution in [2.24, 2.45) is 0 Å². The van der Waals surface area contributed by atoms with E-state index in [0.717, 1.165) is 22.9 Å². The van der Waals surface area contributed by atoms with Crippen molar-refractivity contribution < 1.29 is 22.7 Å². The summed E-state index contributed by atoms with van der Waals surface area (Å²) < 4.78 is 39.0. The molecular weight excluding hydrogens is 466 g/mol. The monoisotopic (exact) mass is 493 g/mol. The average Bonchev–Trinajstić information content (AvgIpc) is 3.27. The molecule has 0 fully saturated rings. The lowest BCUT2D eigenvalue weighted by Gasteiger charge is -2.14. The second kappa shape index (κ2) is 10.5. The molecule has 0 aliphatic heterocycles. The zero-order valence-electron chi connectivity index (χ0n) is 19.5. The summed E-state index contributed by atoms with van der Waals surface area (Å²) in [7, 11) is -1.04. The number of hydrogen-bond acceptors (Lipinski definition) is 5. The van der Waals surface area contributed by atoms with Gasteiger partial charge >= 0.3 is 0 Å². The number of anilines is 2. The lowest BCUT2D eigenvalue weighted by molar-refractivity contribution is -0.116. The number of H-pyrrole nitrogens is 1. The average molecular weight is 494 g/mol. The molecule has 1 aromatic heterocycles. The number of hydrogen-bond donors (Lipinski definition) is 3. The van der Waals surface area contributed by atoms with Gasteiger partial charge in [-0.3, -0.25) is 9.52 Å². The van der Waals surface area contributed by atoms with Crippen LogP contribution in [0.2, 0.25) is 0 Å². The van der Waals surface area contributed by atoms with Crippen molar-refractivity contribution in [1.29, 1.82) is 0 Å². The summed E-state index contributed by atoms with van der Waals surface area (Å²) >= 11 is 0. The van der Waals surface area contributed by atoms with Crippen LogP contribution in [0.25, 0.3) is 10.9 Å². The number of methoxy groups -OCH3 is 2. The number of benzene rings is 3. The topological polar surface area (TPSA) is 110 Å². The Hall–Kier alpha value is -3.98. The van der Waals surface area contributed by atoms with Gasteiger partial charge in [-0.25, -0.2) is 8.42 Å². The maximum Gasteiger partial charge on any atom is 0.265 e. The third-order valence-electron chi connectivity index (χ3n) is 5.60. The number of nitrogens with one attached hydrogen (secondary N) is 3. The summed E-state index contributed by atoms with van der Waals surface area (Å²) in [6.07, 6.45) is 3.69. The van der Waals surface area contributed by atoms with Crippen molar-refractivity contribution in [3.63, 3.8) is 0 Å². The fourth-order valence-electron chi connectivity index (χ4n) is 3.83. The Morgan fingerprint density at radius 3 is 2.43 bits per heavy atom. The van der Waals surface area contributed by atoms with Gasteiger partial charge in [-0.1, -0.05) is 18.2 Å². The van der Waals surface area contributed by atoms with E-state index < -0.39 is 10.0 Å². The number of para-hydroxylation sites is 1. The van der Waals surface area contributed by atoms with Crippen molar-refractivity contribution in [2.45, 2.75) is 24.2 Å². The summed E-state index contributed by atoms with van der Waals surface area (Å²) in [5, 5.41) is 3.95. The summed E-state index contributed by atoms with van der Waals surface area (Å²) in [5.41, 5.74) is 2.98. The van der Waals surface area contributed by atoms with Crippen molar-refractivity contribution in [3.05, 3.63) is 78.5 Å². The van der Waals surface area contributed by atoms with Crippen molar-refractivity contribution in [1.82, 2.24) is 4.98 Å². The Morgan fingerprint density at radius 1 is 0.943 bits per heavy atom. The SMILES string of the molecule is COc1ccc(NS(=O)(=O)c2cc(NC(=O)CCCc3c[nH]c4ccccc34)ccc2OC)cc1. The van der Waals surface area contributed by atoms with Crippen LogP contribution in [0.3, 0.4) is 0 Å². The molecule has 0 aliphatic carbocycles. The molecule has 0 spiro atoms. The van der Waals surface area contributed by atoms with Gasteiger partial charge in [0.05, 0.1) is 14.2 Å². The van der Waals surface area contributed by atoms with Crippen LogP contribution in [0.15, 0.2) is 77.8 Å². The maximum atomic E-state index is 13.0. The first kappa shape index (κ1) is 24.2. The highest BCUT2D eigenvalue weighted by atomic mass is 32.2. The molecule has 0 bridgehead atoms. The maximum absolute atomic E-state index is 13.0. The molecule has 182 valence electrons. The number of rotatable bonds is 10. The van der Waals surface area contributed by atoms with Crippen LogP contribution in [0.5, 0.6) is 11.5 Å². The number of carbonyl (C=O) groups excluding carboxylic acids is 1. The smallest absolute Gasteiger partial charge is 0.265 e. The molecule has 0 saturated heterocycles. The molecule has 0 radical (unpaired) electrons. The highest BCUT2D eigenvalue weighted by Gasteiger charge is 2.21. The van der Waals surface area contributed by atoms with E-state index in [1.54, 1.807) is 30.3 Å². The van der Waals surface area contributed by atoms with E-state index in [4.69, 9.17) is 9.47 Å². The molecule has 1 amide bonds. The van der Waals surface area contributed by atoms with Gasteiger partial charge in [0.25, 0.3) is 10.0 Å². The largest absolute Gasteiger partial charge is 0.497 e. The zero-order valence-corrected chi connectivity index (χ0v) is 20.3. The predicted molar refractivity (Wildman–Crippen MR) is 137 cm³/mol. The molecule has 9 heteroatoms. The Balaban J connectivity index is 1.42. The molecule has 1 heterocycles.